The molecule has 3 N–H and O–H groups in total. The molecule has 1 unspecified atom stereocenters. The molecule has 0 radical (unpaired) electrons. The summed E-state index contributed by atoms with van der Waals surface area (Å²) in [6.45, 7) is 1.51. The monoisotopic (exact) mass is 362 g/mol. The molecule has 0 bridgehead atoms. The molecule has 1 aliphatic rings. The smallest absolute Gasteiger partial charge is 0.253 e. The second-order valence-corrected chi connectivity index (χ2v) is 6.53. The number of aromatic nitrogens is 3. The van der Waals surface area contributed by atoms with Gasteiger partial charge in [0.05, 0.1) is 17.0 Å². The maximum absolute atomic E-state index is 12.6. The molecule has 2 aromatic heterocycles. The van der Waals surface area contributed by atoms with E-state index in [0.717, 1.165) is 30.0 Å². The summed E-state index contributed by atoms with van der Waals surface area (Å²) in [5.74, 6) is 0.627. The highest BCUT2D eigenvalue weighted by molar-refractivity contribution is 5.99. The van der Waals surface area contributed by atoms with Crippen LogP contribution in [-0.2, 0) is 0 Å². The number of para-hydroxylation sites is 1. The van der Waals surface area contributed by atoms with E-state index < -0.39 is 0 Å². The van der Waals surface area contributed by atoms with E-state index in [4.69, 9.17) is 0 Å². The van der Waals surface area contributed by atoms with Gasteiger partial charge in [-0.1, -0.05) is 12.1 Å². The fourth-order valence-electron chi connectivity index (χ4n) is 3.36. The molecule has 3 aromatic rings. The lowest BCUT2D eigenvalue weighted by molar-refractivity contribution is 0.0941. The molecule has 1 saturated heterocycles. The predicted octanol–water partition coefficient (Wildman–Crippen LogP) is 2.52. The van der Waals surface area contributed by atoms with Crippen molar-refractivity contribution < 1.29 is 4.79 Å². The minimum Gasteiger partial charge on any atom is -0.387 e. The number of aromatic amines is 1. The van der Waals surface area contributed by atoms with E-state index >= 15 is 0 Å². The number of hydrogen-bond acceptors (Lipinski definition) is 5. The fraction of sp³-hybridized carbons (Fsp3) is 0.250. The third kappa shape index (κ3) is 3.62. The molecule has 7 heteroatoms. The van der Waals surface area contributed by atoms with Crippen LogP contribution >= 0.6 is 0 Å². The summed E-state index contributed by atoms with van der Waals surface area (Å²) in [5, 5.41) is 6.19. The van der Waals surface area contributed by atoms with Crippen LogP contribution in [0.2, 0.25) is 0 Å². The van der Waals surface area contributed by atoms with Crippen molar-refractivity contribution in [2.75, 3.05) is 30.4 Å². The van der Waals surface area contributed by atoms with Crippen LogP contribution in [0.5, 0.6) is 0 Å². The summed E-state index contributed by atoms with van der Waals surface area (Å²) in [6.07, 6.45) is 4.51. The average Bonchev–Trinajstić information content (AvgIpc) is 3.40. The first-order valence-corrected chi connectivity index (χ1v) is 9.04. The van der Waals surface area contributed by atoms with E-state index in [-0.39, 0.29) is 11.9 Å². The largest absolute Gasteiger partial charge is 0.387 e. The first-order chi connectivity index (χ1) is 13.2. The quantitative estimate of drug-likeness (QED) is 0.649. The van der Waals surface area contributed by atoms with Gasteiger partial charge in [0.2, 0.25) is 5.95 Å². The highest BCUT2D eigenvalue weighted by atomic mass is 16.1. The van der Waals surface area contributed by atoms with Gasteiger partial charge in [0.15, 0.2) is 0 Å². The number of anilines is 2. The standard InChI is InChI=1S/C20H22N6O/c1-21-16-6-3-2-5-15(16)19(27)24-14-9-12-26(13-14)20-23-11-8-18(25-20)17-7-4-10-22-17/h2-8,10-11,14,21-22H,9,12-13H2,1H3,(H,24,27). The van der Waals surface area contributed by atoms with Gasteiger partial charge in [0.1, 0.15) is 0 Å². The topological polar surface area (TPSA) is 85.9 Å². The Bertz CT molecular complexity index is 924. The first kappa shape index (κ1) is 17.1. The van der Waals surface area contributed by atoms with Crippen LogP contribution in [0.1, 0.15) is 16.8 Å². The molecule has 4 rings (SSSR count). The summed E-state index contributed by atoms with van der Waals surface area (Å²) in [7, 11) is 1.82. The zero-order valence-corrected chi connectivity index (χ0v) is 15.1. The van der Waals surface area contributed by atoms with Gasteiger partial charge >= 0.3 is 0 Å². The minimum absolute atomic E-state index is 0.0622. The molecule has 138 valence electrons. The zero-order valence-electron chi connectivity index (χ0n) is 15.1. The number of hydrogen-bond donors (Lipinski definition) is 3. The van der Waals surface area contributed by atoms with E-state index in [1.807, 2.05) is 55.7 Å². The first-order valence-electron chi connectivity index (χ1n) is 9.04. The Morgan fingerprint density at radius 1 is 1.22 bits per heavy atom. The van der Waals surface area contributed by atoms with Crippen LogP contribution in [0, 0.1) is 0 Å². The Labute approximate surface area is 157 Å². The van der Waals surface area contributed by atoms with E-state index in [1.165, 1.54) is 0 Å². The Morgan fingerprint density at radius 2 is 2.11 bits per heavy atom. The van der Waals surface area contributed by atoms with Crippen molar-refractivity contribution in [3.8, 4) is 11.4 Å². The molecule has 1 aromatic carbocycles. The van der Waals surface area contributed by atoms with Gasteiger partial charge in [-0.15, -0.1) is 0 Å². The molecular weight excluding hydrogens is 340 g/mol. The lowest BCUT2D eigenvalue weighted by Gasteiger charge is -2.18. The molecular formula is C20H22N6O. The van der Waals surface area contributed by atoms with E-state index in [2.05, 4.69) is 30.5 Å². The van der Waals surface area contributed by atoms with Crippen molar-refractivity contribution in [2.45, 2.75) is 12.5 Å². The van der Waals surface area contributed by atoms with Crippen LogP contribution < -0.4 is 15.5 Å². The second-order valence-electron chi connectivity index (χ2n) is 6.53. The number of H-pyrrole nitrogens is 1. The minimum atomic E-state index is -0.0622. The average molecular weight is 362 g/mol. The van der Waals surface area contributed by atoms with Gasteiger partial charge in [-0.3, -0.25) is 4.79 Å². The SMILES string of the molecule is CNc1ccccc1C(=O)NC1CCN(c2nccc(-c3ccc[nH]3)n2)C1. The second kappa shape index (κ2) is 7.49. The van der Waals surface area contributed by atoms with Crippen molar-refractivity contribution >= 4 is 17.5 Å². The molecule has 7 nitrogen and oxygen atoms in total. The third-order valence-corrected chi connectivity index (χ3v) is 4.76. The van der Waals surface area contributed by atoms with Gasteiger partial charge in [-0.2, -0.15) is 0 Å². The number of nitrogens with one attached hydrogen (secondary N) is 3. The lowest BCUT2D eigenvalue weighted by Crippen LogP contribution is -2.37. The van der Waals surface area contributed by atoms with E-state index in [1.54, 1.807) is 6.20 Å². The molecule has 27 heavy (non-hydrogen) atoms. The van der Waals surface area contributed by atoms with E-state index in [9.17, 15) is 4.79 Å². The van der Waals surface area contributed by atoms with Crippen LogP contribution in [0.15, 0.2) is 54.9 Å². The lowest BCUT2D eigenvalue weighted by atomic mass is 10.1. The van der Waals surface area contributed by atoms with Crippen molar-refractivity contribution in [3.63, 3.8) is 0 Å². The molecule has 0 aliphatic carbocycles. The molecule has 1 amide bonds. The van der Waals surface area contributed by atoms with Crippen molar-refractivity contribution in [2.24, 2.45) is 0 Å². The zero-order chi connectivity index (χ0) is 18.6. The Kier molecular flexibility index (Phi) is 4.74. The fourth-order valence-corrected chi connectivity index (χ4v) is 3.36. The molecule has 1 fully saturated rings. The molecule has 0 saturated carbocycles. The number of carbonyl (C=O) groups is 1. The summed E-state index contributed by atoms with van der Waals surface area (Å²) >= 11 is 0. The number of amides is 1. The molecule has 1 aliphatic heterocycles. The summed E-state index contributed by atoms with van der Waals surface area (Å²) in [4.78, 5) is 27.0. The van der Waals surface area contributed by atoms with Gasteiger partial charge in [0.25, 0.3) is 5.91 Å². The van der Waals surface area contributed by atoms with Crippen molar-refractivity contribution in [1.29, 1.82) is 0 Å². The highest BCUT2D eigenvalue weighted by Gasteiger charge is 2.26. The van der Waals surface area contributed by atoms with Gasteiger partial charge in [-0.05, 0) is 36.8 Å². The van der Waals surface area contributed by atoms with Crippen LogP contribution in [0.25, 0.3) is 11.4 Å². The Morgan fingerprint density at radius 3 is 2.93 bits per heavy atom. The number of nitrogens with zero attached hydrogens (tertiary/aromatic N) is 3. The maximum Gasteiger partial charge on any atom is 0.253 e. The normalized spacial score (nSPS) is 16.3. The summed E-state index contributed by atoms with van der Waals surface area (Å²) < 4.78 is 0. The maximum atomic E-state index is 12.6. The number of benzene rings is 1. The van der Waals surface area contributed by atoms with Crippen molar-refractivity contribution in [1.82, 2.24) is 20.3 Å². The van der Waals surface area contributed by atoms with Crippen molar-refractivity contribution in [3.05, 3.63) is 60.4 Å². The highest BCUT2D eigenvalue weighted by Crippen LogP contribution is 2.21. The number of carbonyl (C=O) groups excluding carboxylic acids is 1. The molecule has 0 spiro atoms. The number of rotatable bonds is 5. The molecule has 1 atom stereocenters. The molecule has 3 heterocycles. The Balaban J connectivity index is 1.43. The predicted molar refractivity (Wildman–Crippen MR) is 106 cm³/mol. The Hall–Kier alpha value is -3.35. The van der Waals surface area contributed by atoms with Gasteiger partial charge in [0, 0.05) is 44.3 Å². The van der Waals surface area contributed by atoms with Crippen LogP contribution in [-0.4, -0.2) is 47.0 Å². The van der Waals surface area contributed by atoms with Gasteiger partial charge in [-0.25, -0.2) is 9.97 Å². The van der Waals surface area contributed by atoms with E-state index in [0.29, 0.717) is 18.1 Å². The van der Waals surface area contributed by atoms with Crippen LogP contribution in [0.3, 0.4) is 0 Å². The summed E-state index contributed by atoms with van der Waals surface area (Å²) in [5.41, 5.74) is 3.31. The third-order valence-electron chi connectivity index (χ3n) is 4.76. The summed E-state index contributed by atoms with van der Waals surface area (Å²) in [6, 6.07) is 13.4. The van der Waals surface area contributed by atoms with Gasteiger partial charge < -0.3 is 20.5 Å². The van der Waals surface area contributed by atoms with Crippen LogP contribution in [0.4, 0.5) is 11.6 Å².